The van der Waals surface area contributed by atoms with Crippen molar-refractivity contribution in [2.45, 2.75) is 6.54 Å². The minimum atomic E-state index is 0.263. The second-order valence-corrected chi connectivity index (χ2v) is 5.73. The molecule has 0 saturated carbocycles. The summed E-state index contributed by atoms with van der Waals surface area (Å²) in [4.78, 5) is 14.9. The van der Waals surface area contributed by atoms with Gasteiger partial charge in [-0.25, -0.2) is 0 Å². The Labute approximate surface area is 159 Å². The standard InChI is InChI=1S/C18H28N6O3/c1-24(14-15-6-4-3-5-7-15)17-21-16(22-18(23-17)25-2)20-9-11-27-13-12-26-10-8-19/h3-7H,8-14,19H2,1-2H3,(H,20,21,22,23). The van der Waals surface area contributed by atoms with E-state index in [1.165, 1.54) is 12.7 Å². The van der Waals surface area contributed by atoms with Gasteiger partial charge in [0.15, 0.2) is 0 Å². The van der Waals surface area contributed by atoms with Crippen LogP contribution in [-0.2, 0) is 16.0 Å². The fourth-order valence-electron chi connectivity index (χ4n) is 2.26. The lowest BCUT2D eigenvalue weighted by atomic mass is 10.2. The molecule has 2 rings (SSSR count). The first-order valence-electron chi connectivity index (χ1n) is 8.87. The van der Waals surface area contributed by atoms with Crippen molar-refractivity contribution in [3.05, 3.63) is 35.9 Å². The normalized spacial score (nSPS) is 10.6. The third-order valence-electron chi connectivity index (χ3n) is 3.55. The van der Waals surface area contributed by atoms with Crippen LogP contribution in [-0.4, -0.2) is 68.6 Å². The highest BCUT2D eigenvalue weighted by Crippen LogP contribution is 2.15. The number of nitrogens with zero attached hydrogens (tertiary/aromatic N) is 4. The number of methoxy groups -OCH3 is 1. The van der Waals surface area contributed by atoms with E-state index in [0.29, 0.717) is 58.0 Å². The monoisotopic (exact) mass is 376 g/mol. The Morgan fingerprint density at radius 1 is 1.00 bits per heavy atom. The highest BCUT2D eigenvalue weighted by molar-refractivity contribution is 5.38. The molecule has 0 amide bonds. The molecule has 9 heteroatoms. The smallest absolute Gasteiger partial charge is 0.322 e. The third-order valence-corrected chi connectivity index (χ3v) is 3.55. The van der Waals surface area contributed by atoms with Gasteiger partial charge >= 0.3 is 6.01 Å². The highest BCUT2D eigenvalue weighted by Gasteiger charge is 2.11. The van der Waals surface area contributed by atoms with Gasteiger partial charge in [0.1, 0.15) is 0 Å². The van der Waals surface area contributed by atoms with Crippen LogP contribution in [0.25, 0.3) is 0 Å². The summed E-state index contributed by atoms with van der Waals surface area (Å²) in [5, 5.41) is 3.13. The maximum atomic E-state index is 5.47. The first kappa shape index (κ1) is 20.8. The summed E-state index contributed by atoms with van der Waals surface area (Å²) in [6.07, 6.45) is 0. The predicted molar refractivity (Wildman–Crippen MR) is 104 cm³/mol. The Balaban J connectivity index is 1.85. The SMILES string of the molecule is COc1nc(NCCOCCOCCN)nc(N(C)Cc2ccccc2)n1. The van der Waals surface area contributed by atoms with Crippen molar-refractivity contribution in [2.75, 3.05) is 63.9 Å². The summed E-state index contributed by atoms with van der Waals surface area (Å²) >= 11 is 0. The van der Waals surface area contributed by atoms with Crippen LogP contribution in [0.5, 0.6) is 6.01 Å². The molecular formula is C18H28N6O3. The number of aromatic nitrogens is 3. The minimum Gasteiger partial charge on any atom is -0.467 e. The lowest BCUT2D eigenvalue weighted by Crippen LogP contribution is -2.21. The van der Waals surface area contributed by atoms with Crippen molar-refractivity contribution in [2.24, 2.45) is 5.73 Å². The van der Waals surface area contributed by atoms with Crippen LogP contribution in [0.1, 0.15) is 5.56 Å². The highest BCUT2D eigenvalue weighted by atomic mass is 16.5. The molecule has 9 nitrogen and oxygen atoms in total. The Hall–Kier alpha value is -2.49. The topological polar surface area (TPSA) is 108 Å². The van der Waals surface area contributed by atoms with Crippen LogP contribution in [0.15, 0.2) is 30.3 Å². The molecule has 0 atom stereocenters. The number of benzene rings is 1. The van der Waals surface area contributed by atoms with Gasteiger partial charge in [0, 0.05) is 26.7 Å². The van der Waals surface area contributed by atoms with E-state index in [2.05, 4.69) is 32.4 Å². The molecule has 0 radical (unpaired) electrons. The summed E-state index contributed by atoms with van der Waals surface area (Å²) in [6, 6.07) is 10.4. The maximum Gasteiger partial charge on any atom is 0.322 e. The van der Waals surface area contributed by atoms with Crippen LogP contribution < -0.4 is 20.7 Å². The number of ether oxygens (including phenoxy) is 3. The molecule has 0 unspecified atom stereocenters. The predicted octanol–water partition coefficient (Wildman–Crippen LogP) is 0.920. The Bertz CT molecular complexity index is 659. The molecule has 1 aromatic carbocycles. The van der Waals surface area contributed by atoms with Crippen LogP contribution in [0.2, 0.25) is 0 Å². The first-order chi connectivity index (χ1) is 13.2. The Kier molecular flexibility index (Phi) is 9.25. The van der Waals surface area contributed by atoms with Crippen molar-refractivity contribution in [3.8, 4) is 6.01 Å². The van der Waals surface area contributed by atoms with E-state index >= 15 is 0 Å². The van der Waals surface area contributed by atoms with E-state index in [1.807, 2.05) is 30.1 Å². The lowest BCUT2D eigenvalue weighted by Gasteiger charge is -2.18. The number of rotatable bonds is 13. The Morgan fingerprint density at radius 2 is 1.74 bits per heavy atom. The third kappa shape index (κ3) is 7.73. The van der Waals surface area contributed by atoms with E-state index in [0.717, 1.165) is 0 Å². The fraction of sp³-hybridized carbons (Fsp3) is 0.500. The van der Waals surface area contributed by atoms with E-state index in [-0.39, 0.29) is 6.01 Å². The molecule has 2 aromatic rings. The average Bonchev–Trinajstić information content (AvgIpc) is 2.70. The molecule has 148 valence electrons. The second kappa shape index (κ2) is 12.0. The quantitative estimate of drug-likeness (QED) is 0.493. The van der Waals surface area contributed by atoms with E-state index in [4.69, 9.17) is 19.9 Å². The maximum absolute atomic E-state index is 5.47. The van der Waals surface area contributed by atoms with Crippen molar-refractivity contribution in [1.29, 1.82) is 0 Å². The van der Waals surface area contributed by atoms with Gasteiger partial charge in [0.25, 0.3) is 0 Å². The van der Waals surface area contributed by atoms with Gasteiger partial charge in [-0.1, -0.05) is 30.3 Å². The molecule has 1 heterocycles. The number of anilines is 2. The van der Waals surface area contributed by atoms with E-state index < -0.39 is 0 Å². The van der Waals surface area contributed by atoms with Gasteiger partial charge in [-0.3, -0.25) is 0 Å². The average molecular weight is 376 g/mol. The zero-order valence-electron chi connectivity index (χ0n) is 15.9. The van der Waals surface area contributed by atoms with Crippen LogP contribution in [0, 0.1) is 0 Å². The number of nitrogens with two attached hydrogens (primary N) is 1. The lowest BCUT2D eigenvalue weighted by molar-refractivity contribution is 0.0547. The van der Waals surface area contributed by atoms with E-state index in [1.54, 1.807) is 0 Å². The summed E-state index contributed by atoms with van der Waals surface area (Å²) < 4.78 is 15.9. The summed E-state index contributed by atoms with van der Waals surface area (Å²) in [5.74, 6) is 0.976. The zero-order valence-corrected chi connectivity index (χ0v) is 15.9. The number of hydrogen-bond acceptors (Lipinski definition) is 9. The summed E-state index contributed by atoms with van der Waals surface area (Å²) in [7, 11) is 3.46. The molecule has 0 spiro atoms. The van der Waals surface area contributed by atoms with Gasteiger partial charge < -0.3 is 30.2 Å². The van der Waals surface area contributed by atoms with Gasteiger partial charge in [-0.2, -0.15) is 15.0 Å². The molecule has 3 N–H and O–H groups in total. The summed E-state index contributed by atoms with van der Waals surface area (Å²) in [6.45, 7) is 3.87. The number of nitrogens with one attached hydrogen (secondary N) is 1. The second-order valence-electron chi connectivity index (χ2n) is 5.73. The first-order valence-corrected chi connectivity index (χ1v) is 8.87. The molecular weight excluding hydrogens is 348 g/mol. The molecule has 0 aliphatic carbocycles. The zero-order chi connectivity index (χ0) is 19.3. The largest absolute Gasteiger partial charge is 0.467 e. The fourth-order valence-corrected chi connectivity index (χ4v) is 2.26. The van der Waals surface area contributed by atoms with Crippen LogP contribution >= 0.6 is 0 Å². The molecule has 0 aliphatic rings. The van der Waals surface area contributed by atoms with Crippen molar-refractivity contribution in [1.82, 2.24) is 15.0 Å². The minimum absolute atomic E-state index is 0.263. The van der Waals surface area contributed by atoms with E-state index in [9.17, 15) is 0 Å². The molecule has 0 aliphatic heterocycles. The van der Waals surface area contributed by atoms with Crippen molar-refractivity contribution in [3.63, 3.8) is 0 Å². The van der Waals surface area contributed by atoms with Crippen molar-refractivity contribution < 1.29 is 14.2 Å². The van der Waals surface area contributed by atoms with Gasteiger partial charge in [-0.15, -0.1) is 0 Å². The molecule has 0 saturated heterocycles. The van der Waals surface area contributed by atoms with Gasteiger partial charge in [-0.05, 0) is 5.56 Å². The van der Waals surface area contributed by atoms with Crippen LogP contribution in [0.3, 0.4) is 0 Å². The number of hydrogen-bond donors (Lipinski definition) is 2. The molecule has 0 bridgehead atoms. The molecule has 1 aromatic heterocycles. The van der Waals surface area contributed by atoms with Crippen molar-refractivity contribution >= 4 is 11.9 Å². The van der Waals surface area contributed by atoms with Crippen LogP contribution in [0.4, 0.5) is 11.9 Å². The van der Waals surface area contributed by atoms with Gasteiger partial charge in [0.05, 0.1) is 33.5 Å². The molecule has 0 fully saturated rings. The Morgan fingerprint density at radius 3 is 2.44 bits per heavy atom. The molecule has 27 heavy (non-hydrogen) atoms. The summed E-state index contributed by atoms with van der Waals surface area (Å²) in [5.41, 5.74) is 6.51. The van der Waals surface area contributed by atoms with Gasteiger partial charge in [0.2, 0.25) is 11.9 Å².